The summed E-state index contributed by atoms with van der Waals surface area (Å²) in [4.78, 5) is 8.93. The van der Waals surface area contributed by atoms with Crippen molar-refractivity contribution in [3.63, 3.8) is 0 Å². The second-order valence-corrected chi connectivity index (χ2v) is 7.80. The lowest BCUT2D eigenvalue weighted by Gasteiger charge is -2.23. The highest BCUT2D eigenvalue weighted by Crippen LogP contribution is 2.41. The minimum Gasteiger partial charge on any atom is -0.355 e. The van der Waals surface area contributed by atoms with E-state index in [0.29, 0.717) is 5.92 Å². The molecule has 1 aromatic heterocycles. The van der Waals surface area contributed by atoms with Crippen molar-refractivity contribution in [2.75, 3.05) is 31.5 Å². The van der Waals surface area contributed by atoms with Crippen LogP contribution in [0.4, 0.5) is 16.4 Å². The van der Waals surface area contributed by atoms with Crippen LogP contribution < -0.4 is 10.6 Å². The largest absolute Gasteiger partial charge is 0.355 e. The number of para-hydroxylation sites is 2. The van der Waals surface area contributed by atoms with Crippen LogP contribution in [0.3, 0.4) is 0 Å². The summed E-state index contributed by atoms with van der Waals surface area (Å²) in [5.74, 6) is 1.65. The molecule has 0 amide bonds. The molecule has 2 N–H and O–H groups in total. The first-order chi connectivity index (χ1) is 11.7. The fourth-order valence-electron chi connectivity index (χ4n) is 3.23. The van der Waals surface area contributed by atoms with Crippen molar-refractivity contribution in [1.29, 1.82) is 0 Å². The molecule has 1 aromatic carbocycles. The van der Waals surface area contributed by atoms with Gasteiger partial charge in [-0.15, -0.1) is 11.3 Å². The molecular weight excluding hydrogens is 316 g/mol. The molecule has 2 aromatic rings. The molecule has 0 unspecified atom stereocenters. The van der Waals surface area contributed by atoms with Crippen LogP contribution in [0.5, 0.6) is 0 Å². The SMILES string of the molecule is CC(C)c1cc2c(s1)Nc1ccccc1N=C2N1CCCNCC1. The number of amidine groups is 1. The van der Waals surface area contributed by atoms with Crippen LogP contribution in [-0.2, 0) is 0 Å². The highest BCUT2D eigenvalue weighted by Gasteiger charge is 2.24. The Morgan fingerprint density at radius 1 is 1.17 bits per heavy atom. The molecule has 0 saturated carbocycles. The van der Waals surface area contributed by atoms with Gasteiger partial charge in [-0.05, 0) is 37.1 Å². The lowest BCUT2D eigenvalue weighted by molar-refractivity contribution is 0.447. The smallest absolute Gasteiger partial charge is 0.139 e. The molecule has 24 heavy (non-hydrogen) atoms. The van der Waals surface area contributed by atoms with E-state index in [1.807, 2.05) is 11.3 Å². The number of aliphatic imine (C=N–C) groups is 1. The average Bonchev–Trinajstić information content (AvgIpc) is 2.75. The Labute approximate surface area is 147 Å². The van der Waals surface area contributed by atoms with Crippen LogP contribution in [0.25, 0.3) is 0 Å². The van der Waals surface area contributed by atoms with Gasteiger partial charge in [0, 0.05) is 24.5 Å². The summed E-state index contributed by atoms with van der Waals surface area (Å²) in [6.45, 7) is 8.68. The second kappa shape index (κ2) is 6.57. The first kappa shape index (κ1) is 15.7. The first-order valence-electron chi connectivity index (χ1n) is 8.77. The van der Waals surface area contributed by atoms with Gasteiger partial charge in [-0.1, -0.05) is 26.0 Å². The molecule has 0 aliphatic carbocycles. The molecule has 0 radical (unpaired) electrons. The Hall–Kier alpha value is -1.85. The number of rotatable bonds is 1. The number of benzene rings is 1. The lowest BCUT2D eigenvalue weighted by Crippen LogP contribution is -2.34. The van der Waals surface area contributed by atoms with Crippen LogP contribution in [0.15, 0.2) is 35.3 Å². The van der Waals surface area contributed by atoms with Gasteiger partial charge in [-0.3, -0.25) is 0 Å². The molecule has 3 heterocycles. The molecular formula is C19H24N4S. The van der Waals surface area contributed by atoms with Crippen molar-refractivity contribution in [2.24, 2.45) is 4.99 Å². The molecule has 0 bridgehead atoms. The van der Waals surface area contributed by atoms with Crippen molar-refractivity contribution >= 4 is 33.5 Å². The zero-order valence-electron chi connectivity index (χ0n) is 14.3. The summed E-state index contributed by atoms with van der Waals surface area (Å²) in [5.41, 5.74) is 3.37. The highest BCUT2D eigenvalue weighted by molar-refractivity contribution is 7.16. The van der Waals surface area contributed by atoms with Crippen LogP contribution in [0.1, 0.15) is 36.6 Å². The van der Waals surface area contributed by atoms with Gasteiger partial charge >= 0.3 is 0 Å². The zero-order chi connectivity index (χ0) is 16.5. The summed E-state index contributed by atoms with van der Waals surface area (Å²) in [6.07, 6.45) is 1.16. The van der Waals surface area contributed by atoms with Gasteiger partial charge in [0.05, 0.1) is 16.9 Å². The summed E-state index contributed by atoms with van der Waals surface area (Å²) >= 11 is 1.86. The maximum absolute atomic E-state index is 5.08. The zero-order valence-corrected chi connectivity index (χ0v) is 15.1. The predicted octanol–water partition coefficient (Wildman–Crippen LogP) is 4.30. The Morgan fingerprint density at radius 3 is 2.92 bits per heavy atom. The number of hydrogen-bond donors (Lipinski definition) is 2. The number of fused-ring (bicyclic) bond motifs is 2. The Morgan fingerprint density at radius 2 is 2.04 bits per heavy atom. The second-order valence-electron chi connectivity index (χ2n) is 6.71. The van der Waals surface area contributed by atoms with Gasteiger partial charge in [0.2, 0.25) is 0 Å². The maximum Gasteiger partial charge on any atom is 0.139 e. The quantitative estimate of drug-likeness (QED) is 0.813. The van der Waals surface area contributed by atoms with Crippen molar-refractivity contribution in [2.45, 2.75) is 26.2 Å². The average molecular weight is 340 g/mol. The highest BCUT2D eigenvalue weighted by atomic mass is 32.1. The van der Waals surface area contributed by atoms with Gasteiger partial charge in [-0.2, -0.15) is 0 Å². The van der Waals surface area contributed by atoms with Crippen LogP contribution >= 0.6 is 11.3 Å². The fraction of sp³-hybridized carbons (Fsp3) is 0.421. The summed E-state index contributed by atoms with van der Waals surface area (Å²) in [6, 6.07) is 10.7. The van der Waals surface area contributed by atoms with E-state index in [4.69, 9.17) is 4.99 Å². The van der Waals surface area contributed by atoms with E-state index >= 15 is 0 Å². The molecule has 1 fully saturated rings. The van der Waals surface area contributed by atoms with Gasteiger partial charge in [0.25, 0.3) is 0 Å². The van der Waals surface area contributed by atoms with E-state index < -0.39 is 0 Å². The Kier molecular flexibility index (Phi) is 4.29. The molecule has 0 spiro atoms. The number of anilines is 2. The molecule has 4 nitrogen and oxygen atoms in total. The molecule has 5 heteroatoms. The Bertz CT molecular complexity index is 754. The monoisotopic (exact) mass is 340 g/mol. The molecule has 126 valence electrons. The van der Waals surface area contributed by atoms with Crippen molar-refractivity contribution < 1.29 is 0 Å². The Balaban J connectivity index is 1.83. The van der Waals surface area contributed by atoms with Gasteiger partial charge in [0.1, 0.15) is 10.8 Å². The number of thiophene rings is 1. The van der Waals surface area contributed by atoms with E-state index in [0.717, 1.165) is 49.8 Å². The van der Waals surface area contributed by atoms with Crippen molar-refractivity contribution in [1.82, 2.24) is 10.2 Å². The van der Waals surface area contributed by atoms with Crippen LogP contribution in [0.2, 0.25) is 0 Å². The standard InChI is InChI=1S/C19H24N4S/c1-13(2)17-12-14-18(23-10-5-8-20-9-11-23)21-15-6-3-4-7-16(15)22-19(14)24-17/h3-4,6-7,12-13,20,22H,5,8-11H2,1-2H3. The first-order valence-corrected chi connectivity index (χ1v) is 9.58. The third-order valence-electron chi connectivity index (χ3n) is 4.58. The van der Waals surface area contributed by atoms with E-state index in [9.17, 15) is 0 Å². The maximum atomic E-state index is 5.08. The number of nitrogens with one attached hydrogen (secondary N) is 2. The third kappa shape index (κ3) is 2.94. The fourth-order valence-corrected chi connectivity index (χ4v) is 4.29. The van der Waals surface area contributed by atoms with Gasteiger partial charge in [0.15, 0.2) is 0 Å². The summed E-state index contributed by atoms with van der Waals surface area (Å²) < 4.78 is 0. The molecule has 1 saturated heterocycles. The molecule has 0 atom stereocenters. The number of nitrogens with zero attached hydrogens (tertiary/aromatic N) is 2. The normalized spacial score (nSPS) is 17.5. The summed E-state index contributed by atoms with van der Waals surface area (Å²) in [7, 11) is 0. The van der Waals surface area contributed by atoms with E-state index in [1.165, 1.54) is 15.4 Å². The van der Waals surface area contributed by atoms with Gasteiger partial charge < -0.3 is 15.5 Å². The topological polar surface area (TPSA) is 39.7 Å². The predicted molar refractivity (Wildman–Crippen MR) is 103 cm³/mol. The molecule has 2 aliphatic heterocycles. The van der Waals surface area contributed by atoms with Crippen LogP contribution in [-0.4, -0.2) is 36.9 Å². The van der Waals surface area contributed by atoms with E-state index in [2.05, 4.69) is 59.7 Å². The minimum absolute atomic E-state index is 0.533. The van der Waals surface area contributed by atoms with Crippen molar-refractivity contribution in [3.8, 4) is 0 Å². The minimum atomic E-state index is 0.533. The number of hydrogen-bond acceptors (Lipinski definition) is 5. The van der Waals surface area contributed by atoms with E-state index in [1.54, 1.807) is 0 Å². The van der Waals surface area contributed by atoms with E-state index in [-0.39, 0.29) is 0 Å². The lowest BCUT2D eigenvalue weighted by atomic mass is 10.1. The molecule has 4 rings (SSSR count). The molecule has 2 aliphatic rings. The summed E-state index contributed by atoms with van der Waals surface area (Å²) in [5, 5.41) is 8.34. The van der Waals surface area contributed by atoms with Crippen LogP contribution in [0, 0.1) is 0 Å². The van der Waals surface area contributed by atoms with Gasteiger partial charge in [-0.25, -0.2) is 4.99 Å². The van der Waals surface area contributed by atoms with Crippen molar-refractivity contribution in [3.05, 3.63) is 40.8 Å². The third-order valence-corrected chi connectivity index (χ3v) is 5.93.